The molecule has 0 saturated carbocycles. The zero-order valence-electron chi connectivity index (χ0n) is 16.0. The van der Waals surface area contributed by atoms with Crippen molar-refractivity contribution in [3.63, 3.8) is 0 Å². The van der Waals surface area contributed by atoms with Gasteiger partial charge in [0.2, 0.25) is 0 Å². The Kier molecular flexibility index (Phi) is 3.85. The highest BCUT2D eigenvalue weighted by atomic mass is 16.5. The number of aryl methyl sites for hydroxylation is 1. The van der Waals surface area contributed by atoms with Crippen molar-refractivity contribution in [2.45, 2.75) is 12.5 Å². The predicted molar refractivity (Wildman–Crippen MR) is 109 cm³/mol. The second kappa shape index (κ2) is 6.42. The van der Waals surface area contributed by atoms with E-state index >= 15 is 0 Å². The first-order chi connectivity index (χ1) is 14.0. The van der Waals surface area contributed by atoms with E-state index < -0.39 is 5.60 Å². The van der Waals surface area contributed by atoms with Crippen molar-refractivity contribution >= 4 is 11.0 Å². The minimum absolute atomic E-state index is 0.379. The van der Waals surface area contributed by atoms with E-state index in [1.807, 2.05) is 56.0 Å². The Morgan fingerprint density at radius 2 is 1.93 bits per heavy atom. The van der Waals surface area contributed by atoms with E-state index in [4.69, 9.17) is 4.52 Å². The van der Waals surface area contributed by atoms with Gasteiger partial charge in [-0.05, 0) is 18.6 Å². The summed E-state index contributed by atoms with van der Waals surface area (Å²) in [5, 5.41) is 20.4. The molecule has 144 valence electrons. The SMILES string of the molecule is Cn1cc(-c2cnc3[nH]cc(-c4cc(C(C)(O)c5ccccc5)on4)c3c2)cn1. The van der Waals surface area contributed by atoms with Gasteiger partial charge in [-0.1, -0.05) is 35.5 Å². The Hall–Kier alpha value is -3.71. The second-order valence-corrected chi connectivity index (χ2v) is 7.24. The van der Waals surface area contributed by atoms with Crippen molar-refractivity contribution in [3.8, 4) is 22.4 Å². The summed E-state index contributed by atoms with van der Waals surface area (Å²) in [6.45, 7) is 1.70. The molecule has 29 heavy (non-hydrogen) atoms. The molecule has 0 aliphatic rings. The number of H-pyrrole nitrogens is 1. The zero-order chi connectivity index (χ0) is 20.0. The molecule has 4 aromatic heterocycles. The van der Waals surface area contributed by atoms with E-state index in [9.17, 15) is 5.11 Å². The Balaban J connectivity index is 1.57. The number of aromatic amines is 1. The van der Waals surface area contributed by atoms with Gasteiger partial charge in [-0.2, -0.15) is 5.10 Å². The van der Waals surface area contributed by atoms with Crippen LogP contribution < -0.4 is 0 Å². The van der Waals surface area contributed by atoms with Gasteiger partial charge >= 0.3 is 0 Å². The molecule has 1 unspecified atom stereocenters. The molecule has 0 radical (unpaired) electrons. The molecule has 0 amide bonds. The summed E-state index contributed by atoms with van der Waals surface area (Å²) in [5.74, 6) is 0.379. The summed E-state index contributed by atoms with van der Waals surface area (Å²) < 4.78 is 7.28. The van der Waals surface area contributed by atoms with Gasteiger partial charge in [-0.15, -0.1) is 0 Å². The van der Waals surface area contributed by atoms with E-state index in [2.05, 4.69) is 26.3 Å². The standard InChI is InChI=1S/C22H19N5O2/c1-22(28,16-6-4-3-5-7-16)20-9-19(26-29-20)18-12-24-21-17(18)8-14(10-23-21)15-11-25-27(2)13-15/h3-13,28H,1-2H3,(H,23,24). The quantitative estimate of drug-likeness (QED) is 0.490. The van der Waals surface area contributed by atoms with Gasteiger partial charge in [0.1, 0.15) is 16.9 Å². The molecule has 1 aromatic carbocycles. The molecular weight excluding hydrogens is 366 g/mol. The van der Waals surface area contributed by atoms with Gasteiger partial charge in [-0.25, -0.2) is 4.98 Å². The minimum Gasteiger partial charge on any atom is -0.377 e. The third-order valence-corrected chi connectivity index (χ3v) is 5.17. The molecule has 0 aliphatic carbocycles. The molecule has 1 atom stereocenters. The topological polar surface area (TPSA) is 92.8 Å². The van der Waals surface area contributed by atoms with E-state index in [1.54, 1.807) is 23.9 Å². The van der Waals surface area contributed by atoms with E-state index in [0.29, 0.717) is 11.5 Å². The maximum Gasteiger partial charge on any atom is 0.173 e. The normalized spacial score (nSPS) is 13.6. The smallest absolute Gasteiger partial charge is 0.173 e. The van der Waals surface area contributed by atoms with Crippen molar-refractivity contribution in [1.29, 1.82) is 0 Å². The minimum atomic E-state index is -1.28. The number of aromatic nitrogens is 5. The number of nitrogens with zero attached hydrogens (tertiary/aromatic N) is 4. The molecule has 0 aliphatic heterocycles. The lowest BCUT2D eigenvalue weighted by Gasteiger charge is -2.20. The predicted octanol–water partition coefficient (Wildman–Crippen LogP) is 3.87. The Morgan fingerprint density at radius 3 is 2.69 bits per heavy atom. The van der Waals surface area contributed by atoms with E-state index in [0.717, 1.165) is 33.3 Å². The maximum absolute atomic E-state index is 11.0. The molecule has 7 heteroatoms. The lowest BCUT2D eigenvalue weighted by molar-refractivity contribution is 0.0694. The maximum atomic E-state index is 11.0. The van der Waals surface area contributed by atoms with Gasteiger partial charge in [0, 0.05) is 53.8 Å². The van der Waals surface area contributed by atoms with Gasteiger partial charge < -0.3 is 14.6 Å². The largest absolute Gasteiger partial charge is 0.377 e. The monoisotopic (exact) mass is 385 g/mol. The third-order valence-electron chi connectivity index (χ3n) is 5.17. The van der Waals surface area contributed by atoms with Gasteiger partial charge in [-0.3, -0.25) is 4.68 Å². The van der Waals surface area contributed by atoms with Crippen LogP contribution in [-0.2, 0) is 12.6 Å². The van der Waals surface area contributed by atoms with E-state index in [-0.39, 0.29) is 0 Å². The number of nitrogens with one attached hydrogen (secondary N) is 1. The Morgan fingerprint density at radius 1 is 1.10 bits per heavy atom. The average molecular weight is 385 g/mol. The lowest BCUT2D eigenvalue weighted by Crippen LogP contribution is -2.21. The van der Waals surface area contributed by atoms with Crippen LogP contribution in [0.5, 0.6) is 0 Å². The van der Waals surface area contributed by atoms with Crippen molar-refractivity contribution in [2.75, 3.05) is 0 Å². The molecule has 0 fully saturated rings. The fourth-order valence-electron chi connectivity index (χ4n) is 3.48. The fraction of sp³-hybridized carbons (Fsp3) is 0.136. The Bertz CT molecular complexity index is 1300. The summed E-state index contributed by atoms with van der Waals surface area (Å²) in [5.41, 5.74) is 3.66. The summed E-state index contributed by atoms with van der Waals surface area (Å²) in [4.78, 5) is 7.69. The molecule has 0 spiro atoms. The summed E-state index contributed by atoms with van der Waals surface area (Å²) in [7, 11) is 1.88. The summed E-state index contributed by atoms with van der Waals surface area (Å²) in [6, 6.07) is 13.2. The number of pyridine rings is 1. The van der Waals surface area contributed by atoms with Crippen molar-refractivity contribution in [1.82, 2.24) is 24.9 Å². The van der Waals surface area contributed by atoms with Crippen LogP contribution in [0.1, 0.15) is 18.2 Å². The van der Waals surface area contributed by atoms with Crippen LogP contribution in [-0.4, -0.2) is 30.0 Å². The van der Waals surface area contributed by atoms with Crippen molar-refractivity contribution in [3.05, 3.63) is 78.6 Å². The number of aliphatic hydroxyl groups is 1. The molecule has 0 saturated heterocycles. The van der Waals surface area contributed by atoms with Crippen molar-refractivity contribution < 1.29 is 9.63 Å². The number of rotatable bonds is 4. The van der Waals surface area contributed by atoms with E-state index in [1.165, 1.54) is 0 Å². The van der Waals surface area contributed by atoms with Gasteiger partial charge in [0.05, 0.1) is 6.20 Å². The highest BCUT2D eigenvalue weighted by Gasteiger charge is 2.30. The number of benzene rings is 1. The molecule has 0 bridgehead atoms. The van der Waals surface area contributed by atoms with Crippen LogP contribution in [0, 0.1) is 0 Å². The van der Waals surface area contributed by atoms with Crippen molar-refractivity contribution in [2.24, 2.45) is 7.05 Å². The third kappa shape index (κ3) is 2.92. The zero-order valence-corrected chi connectivity index (χ0v) is 16.0. The highest BCUT2D eigenvalue weighted by molar-refractivity contribution is 5.94. The molecule has 5 rings (SSSR count). The molecule has 2 N–H and O–H groups in total. The second-order valence-electron chi connectivity index (χ2n) is 7.24. The fourth-order valence-corrected chi connectivity index (χ4v) is 3.48. The average Bonchev–Trinajstić information content (AvgIpc) is 3.47. The molecule has 4 heterocycles. The number of hydrogen-bond acceptors (Lipinski definition) is 5. The van der Waals surface area contributed by atoms with Crippen LogP contribution in [0.3, 0.4) is 0 Å². The first-order valence-electron chi connectivity index (χ1n) is 9.24. The Labute approximate surface area is 166 Å². The number of fused-ring (bicyclic) bond motifs is 1. The summed E-state index contributed by atoms with van der Waals surface area (Å²) >= 11 is 0. The first kappa shape index (κ1) is 17.4. The van der Waals surface area contributed by atoms with Crippen LogP contribution in [0.4, 0.5) is 0 Å². The van der Waals surface area contributed by atoms with Gasteiger partial charge in [0.25, 0.3) is 0 Å². The van der Waals surface area contributed by atoms with Crippen LogP contribution >= 0.6 is 0 Å². The lowest BCUT2D eigenvalue weighted by atomic mass is 9.93. The highest BCUT2D eigenvalue weighted by Crippen LogP contribution is 2.34. The van der Waals surface area contributed by atoms with Gasteiger partial charge in [0.15, 0.2) is 5.76 Å². The molecular formula is C22H19N5O2. The molecule has 7 nitrogen and oxygen atoms in total. The van der Waals surface area contributed by atoms with Crippen LogP contribution in [0.25, 0.3) is 33.4 Å². The molecule has 5 aromatic rings. The first-order valence-corrected chi connectivity index (χ1v) is 9.24. The summed E-state index contributed by atoms with van der Waals surface area (Å²) in [6.07, 6.45) is 7.42. The van der Waals surface area contributed by atoms with Crippen LogP contribution in [0.2, 0.25) is 0 Å². The number of hydrogen-bond donors (Lipinski definition) is 2. The van der Waals surface area contributed by atoms with Crippen LogP contribution in [0.15, 0.2) is 71.8 Å².